The summed E-state index contributed by atoms with van der Waals surface area (Å²) in [7, 11) is 1.92. The van der Waals surface area contributed by atoms with E-state index in [0.29, 0.717) is 12.5 Å². The van der Waals surface area contributed by atoms with E-state index in [1.165, 1.54) is 0 Å². The average molecular weight is 320 g/mol. The normalized spacial score (nSPS) is 11.3. The summed E-state index contributed by atoms with van der Waals surface area (Å²) in [4.78, 5) is 4.38. The van der Waals surface area contributed by atoms with Crippen molar-refractivity contribution in [3.8, 4) is 0 Å². The highest BCUT2D eigenvalue weighted by atomic mass is 79.9. The van der Waals surface area contributed by atoms with Gasteiger partial charge in [-0.05, 0) is 25.1 Å². The number of halogens is 1. The van der Waals surface area contributed by atoms with Crippen molar-refractivity contribution >= 4 is 32.9 Å². The van der Waals surface area contributed by atoms with Gasteiger partial charge in [0.2, 0.25) is 5.95 Å². The molecule has 3 rings (SSSR count). The van der Waals surface area contributed by atoms with Crippen LogP contribution in [0.1, 0.15) is 11.3 Å². The standard InChI is InChI=1S/C13H14BrN5/c1-8-9(6-18(2)17-8)7-19-12-5-10(14)3-4-11(12)16-13(19)15/h3-6H,7H2,1-2H3,(H2,15,16). The van der Waals surface area contributed by atoms with Crippen molar-refractivity contribution in [1.29, 1.82) is 0 Å². The molecule has 3 aromatic rings. The van der Waals surface area contributed by atoms with Gasteiger partial charge in [-0.25, -0.2) is 4.98 Å². The Morgan fingerprint density at radius 3 is 2.84 bits per heavy atom. The Balaban J connectivity index is 2.12. The summed E-state index contributed by atoms with van der Waals surface area (Å²) in [5.74, 6) is 0.524. The van der Waals surface area contributed by atoms with Crippen molar-refractivity contribution in [2.75, 3.05) is 5.73 Å². The summed E-state index contributed by atoms with van der Waals surface area (Å²) in [5, 5.41) is 4.35. The summed E-state index contributed by atoms with van der Waals surface area (Å²) in [6, 6.07) is 5.96. The molecule has 0 aliphatic heterocycles. The zero-order chi connectivity index (χ0) is 13.6. The van der Waals surface area contributed by atoms with Crippen LogP contribution in [0.15, 0.2) is 28.9 Å². The van der Waals surface area contributed by atoms with Gasteiger partial charge >= 0.3 is 0 Å². The summed E-state index contributed by atoms with van der Waals surface area (Å²) < 4.78 is 4.84. The van der Waals surface area contributed by atoms with E-state index in [1.807, 2.05) is 47.6 Å². The molecule has 19 heavy (non-hydrogen) atoms. The van der Waals surface area contributed by atoms with Gasteiger partial charge in [-0.2, -0.15) is 5.10 Å². The van der Waals surface area contributed by atoms with Gasteiger partial charge in [-0.1, -0.05) is 15.9 Å². The monoisotopic (exact) mass is 319 g/mol. The predicted octanol–water partition coefficient (Wildman–Crippen LogP) is 2.47. The zero-order valence-corrected chi connectivity index (χ0v) is 12.3. The molecule has 0 unspecified atom stereocenters. The van der Waals surface area contributed by atoms with Crippen LogP contribution in [-0.4, -0.2) is 19.3 Å². The van der Waals surface area contributed by atoms with Crippen molar-refractivity contribution in [2.45, 2.75) is 13.5 Å². The Morgan fingerprint density at radius 2 is 2.16 bits per heavy atom. The molecular formula is C13H14BrN5. The van der Waals surface area contributed by atoms with Crippen LogP contribution in [0.3, 0.4) is 0 Å². The third-order valence-corrected chi connectivity index (χ3v) is 3.68. The summed E-state index contributed by atoms with van der Waals surface area (Å²) in [6.07, 6.45) is 2.01. The summed E-state index contributed by atoms with van der Waals surface area (Å²) >= 11 is 3.48. The van der Waals surface area contributed by atoms with E-state index in [2.05, 4.69) is 26.0 Å². The first-order valence-electron chi connectivity index (χ1n) is 5.95. The Labute approximate surface area is 119 Å². The zero-order valence-electron chi connectivity index (χ0n) is 10.8. The van der Waals surface area contributed by atoms with Crippen molar-refractivity contribution in [1.82, 2.24) is 19.3 Å². The van der Waals surface area contributed by atoms with Gasteiger partial charge in [-0.15, -0.1) is 0 Å². The van der Waals surface area contributed by atoms with Gasteiger partial charge in [0.1, 0.15) is 0 Å². The number of aryl methyl sites for hydroxylation is 2. The molecule has 6 heteroatoms. The van der Waals surface area contributed by atoms with Crippen LogP contribution in [0.4, 0.5) is 5.95 Å². The molecule has 2 aromatic heterocycles. The quantitative estimate of drug-likeness (QED) is 0.789. The number of hydrogen-bond donors (Lipinski definition) is 1. The molecule has 2 heterocycles. The first kappa shape index (κ1) is 12.2. The number of nitrogens with zero attached hydrogens (tertiary/aromatic N) is 4. The maximum absolute atomic E-state index is 6.02. The molecule has 5 nitrogen and oxygen atoms in total. The fourth-order valence-corrected chi connectivity index (χ4v) is 2.60. The molecule has 1 aromatic carbocycles. The smallest absolute Gasteiger partial charge is 0.201 e. The highest BCUT2D eigenvalue weighted by molar-refractivity contribution is 9.10. The number of hydrogen-bond acceptors (Lipinski definition) is 3. The lowest BCUT2D eigenvalue weighted by Gasteiger charge is -2.05. The molecule has 0 radical (unpaired) electrons. The minimum absolute atomic E-state index is 0.524. The number of aromatic nitrogens is 4. The number of benzene rings is 1. The number of nitrogens with two attached hydrogens (primary N) is 1. The first-order chi connectivity index (χ1) is 9.04. The second kappa shape index (κ2) is 4.38. The lowest BCUT2D eigenvalue weighted by molar-refractivity contribution is 0.756. The molecule has 0 aliphatic carbocycles. The number of nitrogen functional groups attached to an aromatic ring is 1. The predicted molar refractivity (Wildman–Crippen MR) is 78.9 cm³/mol. The minimum Gasteiger partial charge on any atom is -0.369 e. The molecule has 0 atom stereocenters. The van der Waals surface area contributed by atoms with E-state index in [0.717, 1.165) is 26.8 Å². The van der Waals surface area contributed by atoms with Crippen LogP contribution in [-0.2, 0) is 13.6 Å². The second-order valence-corrected chi connectivity index (χ2v) is 5.52. The van der Waals surface area contributed by atoms with E-state index >= 15 is 0 Å². The van der Waals surface area contributed by atoms with Crippen LogP contribution in [0.2, 0.25) is 0 Å². The van der Waals surface area contributed by atoms with Gasteiger partial charge in [-0.3, -0.25) is 4.68 Å². The van der Waals surface area contributed by atoms with E-state index in [-0.39, 0.29) is 0 Å². The van der Waals surface area contributed by atoms with Gasteiger partial charge in [0.15, 0.2) is 0 Å². The maximum Gasteiger partial charge on any atom is 0.201 e. The maximum atomic E-state index is 6.02. The Kier molecular flexibility index (Phi) is 2.82. The largest absolute Gasteiger partial charge is 0.369 e. The summed E-state index contributed by atoms with van der Waals surface area (Å²) in [5.41, 5.74) is 10.1. The topological polar surface area (TPSA) is 61.7 Å². The van der Waals surface area contributed by atoms with Gasteiger partial charge < -0.3 is 10.3 Å². The number of imidazole rings is 1. The van der Waals surface area contributed by atoms with Gasteiger partial charge in [0, 0.05) is 23.3 Å². The fourth-order valence-electron chi connectivity index (χ4n) is 2.25. The van der Waals surface area contributed by atoms with Crippen LogP contribution in [0.25, 0.3) is 11.0 Å². The summed E-state index contributed by atoms with van der Waals surface area (Å²) in [6.45, 7) is 2.68. The molecule has 0 saturated heterocycles. The van der Waals surface area contributed by atoms with E-state index < -0.39 is 0 Å². The van der Waals surface area contributed by atoms with Crippen LogP contribution in [0.5, 0.6) is 0 Å². The lowest BCUT2D eigenvalue weighted by Crippen LogP contribution is -2.04. The highest BCUT2D eigenvalue weighted by Crippen LogP contribution is 2.23. The third kappa shape index (κ3) is 2.12. The molecule has 0 spiro atoms. The molecular weight excluding hydrogens is 306 g/mol. The molecule has 0 amide bonds. The van der Waals surface area contributed by atoms with Gasteiger partial charge in [0.05, 0.1) is 23.3 Å². The number of anilines is 1. The molecule has 0 bridgehead atoms. The Bertz CT molecular complexity index is 756. The van der Waals surface area contributed by atoms with E-state index in [1.54, 1.807) is 0 Å². The molecule has 0 aliphatic rings. The molecule has 0 saturated carbocycles. The van der Waals surface area contributed by atoms with Crippen LogP contribution in [0, 0.1) is 6.92 Å². The Morgan fingerprint density at radius 1 is 1.37 bits per heavy atom. The van der Waals surface area contributed by atoms with Crippen molar-refractivity contribution in [2.24, 2.45) is 7.05 Å². The van der Waals surface area contributed by atoms with E-state index in [9.17, 15) is 0 Å². The minimum atomic E-state index is 0.524. The molecule has 98 valence electrons. The Hall–Kier alpha value is -1.82. The second-order valence-electron chi connectivity index (χ2n) is 4.60. The van der Waals surface area contributed by atoms with Crippen molar-refractivity contribution in [3.05, 3.63) is 40.1 Å². The molecule has 0 fully saturated rings. The lowest BCUT2D eigenvalue weighted by atomic mass is 10.2. The van der Waals surface area contributed by atoms with E-state index in [4.69, 9.17) is 5.73 Å². The number of fused-ring (bicyclic) bond motifs is 1. The SMILES string of the molecule is Cc1nn(C)cc1Cn1c(N)nc2ccc(Br)cc21. The average Bonchev–Trinajstić information content (AvgIpc) is 2.81. The number of rotatable bonds is 2. The van der Waals surface area contributed by atoms with Crippen molar-refractivity contribution in [3.63, 3.8) is 0 Å². The highest BCUT2D eigenvalue weighted by Gasteiger charge is 2.11. The first-order valence-corrected chi connectivity index (χ1v) is 6.74. The van der Waals surface area contributed by atoms with Crippen LogP contribution >= 0.6 is 15.9 Å². The van der Waals surface area contributed by atoms with Crippen molar-refractivity contribution < 1.29 is 0 Å². The van der Waals surface area contributed by atoms with Gasteiger partial charge in [0.25, 0.3) is 0 Å². The van der Waals surface area contributed by atoms with Crippen LogP contribution < -0.4 is 5.73 Å². The third-order valence-electron chi connectivity index (χ3n) is 3.18. The fraction of sp³-hybridized carbons (Fsp3) is 0.231. The molecule has 2 N–H and O–H groups in total.